The second-order valence-electron chi connectivity index (χ2n) is 4.71. The molecule has 2 heterocycles. The van der Waals surface area contributed by atoms with E-state index in [0.29, 0.717) is 0 Å². The molecule has 102 valence electrons. The maximum atomic E-state index is 5.34. The van der Waals surface area contributed by atoms with Crippen molar-refractivity contribution < 1.29 is 4.74 Å². The first-order valence-corrected chi connectivity index (χ1v) is 7.78. The van der Waals surface area contributed by atoms with Crippen molar-refractivity contribution in [1.82, 2.24) is 10.2 Å². The van der Waals surface area contributed by atoms with Gasteiger partial charge in [0.2, 0.25) is 0 Å². The summed E-state index contributed by atoms with van der Waals surface area (Å²) in [6.07, 6.45) is 2.38. The van der Waals surface area contributed by atoms with Crippen LogP contribution in [0.25, 0.3) is 0 Å². The first-order chi connectivity index (χ1) is 8.88. The van der Waals surface area contributed by atoms with Crippen LogP contribution in [0.15, 0.2) is 12.1 Å². The van der Waals surface area contributed by atoms with Crippen molar-refractivity contribution in [2.45, 2.75) is 26.3 Å². The second kappa shape index (κ2) is 7.89. The molecule has 1 saturated heterocycles. The molecule has 1 fully saturated rings. The average Bonchev–Trinajstić information content (AvgIpc) is 2.87. The van der Waals surface area contributed by atoms with E-state index in [1.54, 1.807) is 0 Å². The topological polar surface area (TPSA) is 24.5 Å². The maximum absolute atomic E-state index is 5.34. The van der Waals surface area contributed by atoms with E-state index >= 15 is 0 Å². The van der Waals surface area contributed by atoms with Crippen molar-refractivity contribution in [1.29, 1.82) is 0 Å². The van der Waals surface area contributed by atoms with Gasteiger partial charge in [0, 0.05) is 29.4 Å². The van der Waals surface area contributed by atoms with Crippen LogP contribution >= 0.6 is 11.3 Å². The summed E-state index contributed by atoms with van der Waals surface area (Å²) in [5.41, 5.74) is 0. The zero-order chi connectivity index (χ0) is 12.6. The third kappa shape index (κ3) is 4.69. The van der Waals surface area contributed by atoms with Crippen LogP contribution in [0.2, 0.25) is 0 Å². The van der Waals surface area contributed by atoms with E-state index in [1.807, 2.05) is 11.3 Å². The van der Waals surface area contributed by atoms with Crippen molar-refractivity contribution in [2.75, 3.05) is 39.4 Å². The largest absolute Gasteiger partial charge is 0.379 e. The standard InChI is InChI=1S/C14H24N2OS/c1-2-13-4-5-14(18-13)12-15-6-3-7-16-8-10-17-11-9-16/h4-5,15H,2-3,6-12H2,1H3. The second-order valence-corrected chi connectivity index (χ2v) is 5.96. The molecule has 18 heavy (non-hydrogen) atoms. The quantitative estimate of drug-likeness (QED) is 0.767. The Hall–Kier alpha value is -0.420. The maximum Gasteiger partial charge on any atom is 0.0594 e. The number of hydrogen-bond acceptors (Lipinski definition) is 4. The summed E-state index contributed by atoms with van der Waals surface area (Å²) in [4.78, 5) is 5.43. The number of rotatable bonds is 7. The Balaban J connectivity index is 1.52. The number of aryl methyl sites for hydroxylation is 1. The number of thiophene rings is 1. The molecule has 2 rings (SSSR count). The molecule has 0 radical (unpaired) electrons. The van der Waals surface area contributed by atoms with Gasteiger partial charge >= 0.3 is 0 Å². The Bertz CT molecular complexity index is 334. The van der Waals surface area contributed by atoms with Crippen LogP contribution in [0.4, 0.5) is 0 Å². The smallest absolute Gasteiger partial charge is 0.0594 e. The van der Waals surface area contributed by atoms with E-state index in [1.165, 1.54) is 22.7 Å². The summed E-state index contributed by atoms with van der Waals surface area (Å²) in [5.74, 6) is 0. The Morgan fingerprint density at radius 2 is 2.06 bits per heavy atom. The lowest BCUT2D eigenvalue weighted by molar-refractivity contribution is 0.0374. The van der Waals surface area contributed by atoms with Gasteiger partial charge in [0.05, 0.1) is 13.2 Å². The van der Waals surface area contributed by atoms with Gasteiger partial charge in [0.25, 0.3) is 0 Å². The van der Waals surface area contributed by atoms with Crippen LogP contribution in [0, 0.1) is 0 Å². The molecule has 1 aromatic rings. The molecule has 0 unspecified atom stereocenters. The van der Waals surface area contributed by atoms with Crippen molar-refractivity contribution in [3.8, 4) is 0 Å². The van der Waals surface area contributed by atoms with Crippen LogP contribution in [0.5, 0.6) is 0 Å². The first-order valence-electron chi connectivity index (χ1n) is 6.97. The van der Waals surface area contributed by atoms with E-state index in [9.17, 15) is 0 Å². The number of ether oxygens (including phenoxy) is 1. The highest BCUT2D eigenvalue weighted by Crippen LogP contribution is 2.16. The van der Waals surface area contributed by atoms with Crippen LogP contribution < -0.4 is 5.32 Å². The first kappa shape index (κ1) is 14.0. The van der Waals surface area contributed by atoms with Crippen molar-refractivity contribution in [2.24, 2.45) is 0 Å². The molecule has 1 N–H and O–H groups in total. The molecule has 0 amide bonds. The SMILES string of the molecule is CCc1ccc(CNCCCN2CCOCC2)s1. The molecular formula is C14H24N2OS. The Kier molecular flexibility index (Phi) is 6.14. The minimum absolute atomic E-state index is 0.905. The Morgan fingerprint density at radius 1 is 1.28 bits per heavy atom. The van der Waals surface area contributed by atoms with E-state index < -0.39 is 0 Å². The van der Waals surface area contributed by atoms with Gasteiger partial charge in [-0.2, -0.15) is 0 Å². The third-order valence-corrected chi connectivity index (χ3v) is 4.53. The van der Waals surface area contributed by atoms with Crippen LogP contribution in [0.1, 0.15) is 23.1 Å². The van der Waals surface area contributed by atoms with E-state index in [0.717, 1.165) is 45.8 Å². The molecular weight excluding hydrogens is 244 g/mol. The van der Waals surface area contributed by atoms with E-state index in [4.69, 9.17) is 4.74 Å². The fourth-order valence-corrected chi connectivity index (χ4v) is 3.10. The molecule has 0 aromatic carbocycles. The number of nitrogens with one attached hydrogen (secondary N) is 1. The molecule has 0 saturated carbocycles. The minimum atomic E-state index is 0.905. The van der Waals surface area contributed by atoms with Gasteiger partial charge in [-0.3, -0.25) is 4.90 Å². The molecule has 1 aromatic heterocycles. The Morgan fingerprint density at radius 3 is 2.78 bits per heavy atom. The van der Waals surface area contributed by atoms with Gasteiger partial charge in [0.15, 0.2) is 0 Å². The summed E-state index contributed by atoms with van der Waals surface area (Å²) in [7, 11) is 0. The van der Waals surface area contributed by atoms with Gasteiger partial charge in [-0.25, -0.2) is 0 Å². The highest BCUT2D eigenvalue weighted by molar-refractivity contribution is 7.11. The lowest BCUT2D eigenvalue weighted by atomic mass is 10.3. The summed E-state index contributed by atoms with van der Waals surface area (Å²) in [5, 5.41) is 3.53. The van der Waals surface area contributed by atoms with E-state index in [2.05, 4.69) is 29.3 Å². The highest BCUT2D eigenvalue weighted by Gasteiger charge is 2.08. The number of hydrogen-bond donors (Lipinski definition) is 1. The fraction of sp³-hybridized carbons (Fsp3) is 0.714. The number of nitrogens with zero attached hydrogens (tertiary/aromatic N) is 1. The van der Waals surface area contributed by atoms with E-state index in [-0.39, 0.29) is 0 Å². The molecule has 0 bridgehead atoms. The van der Waals surface area contributed by atoms with Crippen LogP contribution in [0.3, 0.4) is 0 Å². The summed E-state index contributed by atoms with van der Waals surface area (Å²) < 4.78 is 5.34. The van der Waals surface area contributed by atoms with Crippen molar-refractivity contribution in [3.63, 3.8) is 0 Å². The predicted octanol–water partition coefficient (Wildman–Crippen LogP) is 2.12. The molecule has 4 heteroatoms. The zero-order valence-corrected chi connectivity index (χ0v) is 12.1. The van der Waals surface area contributed by atoms with Crippen molar-refractivity contribution in [3.05, 3.63) is 21.9 Å². The van der Waals surface area contributed by atoms with Gasteiger partial charge < -0.3 is 10.1 Å². The normalized spacial score (nSPS) is 17.2. The van der Waals surface area contributed by atoms with Crippen LogP contribution in [-0.2, 0) is 17.7 Å². The molecule has 3 nitrogen and oxygen atoms in total. The fourth-order valence-electron chi connectivity index (χ4n) is 2.17. The molecule has 0 spiro atoms. The molecule has 1 aliphatic rings. The monoisotopic (exact) mass is 268 g/mol. The van der Waals surface area contributed by atoms with Gasteiger partial charge in [-0.05, 0) is 38.1 Å². The van der Waals surface area contributed by atoms with Crippen LogP contribution in [-0.4, -0.2) is 44.3 Å². The molecule has 0 atom stereocenters. The van der Waals surface area contributed by atoms with Crippen molar-refractivity contribution >= 4 is 11.3 Å². The average molecular weight is 268 g/mol. The molecule has 1 aliphatic heterocycles. The predicted molar refractivity (Wildman–Crippen MR) is 77.3 cm³/mol. The van der Waals surface area contributed by atoms with Gasteiger partial charge in [0.1, 0.15) is 0 Å². The van der Waals surface area contributed by atoms with Gasteiger partial charge in [-0.15, -0.1) is 11.3 Å². The lowest BCUT2D eigenvalue weighted by Crippen LogP contribution is -2.37. The summed E-state index contributed by atoms with van der Waals surface area (Å²) in [6, 6.07) is 4.49. The third-order valence-electron chi connectivity index (χ3n) is 3.30. The zero-order valence-electron chi connectivity index (χ0n) is 11.3. The lowest BCUT2D eigenvalue weighted by Gasteiger charge is -2.26. The summed E-state index contributed by atoms with van der Waals surface area (Å²) in [6.45, 7) is 9.55. The number of morpholine rings is 1. The van der Waals surface area contributed by atoms with Gasteiger partial charge in [-0.1, -0.05) is 6.92 Å². The Labute approximate surface area is 114 Å². The molecule has 0 aliphatic carbocycles. The highest BCUT2D eigenvalue weighted by atomic mass is 32.1. The minimum Gasteiger partial charge on any atom is -0.379 e. The summed E-state index contributed by atoms with van der Waals surface area (Å²) >= 11 is 1.93.